The summed E-state index contributed by atoms with van der Waals surface area (Å²) in [6.45, 7) is -0.134. The molecule has 0 saturated carbocycles. The lowest BCUT2D eigenvalue weighted by Gasteiger charge is -2.20. The highest BCUT2D eigenvalue weighted by molar-refractivity contribution is 5.79. The van der Waals surface area contributed by atoms with Crippen LogP contribution in [0.2, 0.25) is 0 Å². The molecule has 2 aromatic heterocycles. The van der Waals surface area contributed by atoms with Gasteiger partial charge in [0.15, 0.2) is 11.2 Å². The maximum absolute atomic E-state index is 13.0. The molecule has 158 valence electrons. The number of aromatic amines is 1. The standard InChI is InChI=1S/C22H21N5O4/c1-26-20-19(21(29)25-22(26)30)27(13-23-20)12-17(28)24-18(14-7-4-3-5-8-14)15-9-6-10-16(11-15)31-2/h3-11,13,18H,12H2,1-2H3,(H,24,28)(H,25,29,30). The van der Waals surface area contributed by atoms with E-state index in [9.17, 15) is 14.4 Å². The minimum Gasteiger partial charge on any atom is -0.497 e. The molecule has 4 aromatic rings. The number of benzene rings is 2. The van der Waals surface area contributed by atoms with Crippen LogP contribution in [-0.4, -0.2) is 32.1 Å². The highest BCUT2D eigenvalue weighted by atomic mass is 16.5. The Balaban J connectivity index is 1.66. The Kier molecular flexibility index (Phi) is 5.40. The lowest BCUT2D eigenvalue weighted by Crippen LogP contribution is -2.33. The van der Waals surface area contributed by atoms with Crippen molar-refractivity contribution in [3.05, 3.63) is 92.9 Å². The van der Waals surface area contributed by atoms with Gasteiger partial charge in [-0.05, 0) is 23.3 Å². The first kappa shape index (κ1) is 20.1. The van der Waals surface area contributed by atoms with Crippen molar-refractivity contribution in [3.8, 4) is 5.75 Å². The minimum atomic E-state index is -0.587. The van der Waals surface area contributed by atoms with E-state index in [0.717, 1.165) is 11.1 Å². The number of nitrogens with zero attached hydrogens (tertiary/aromatic N) is 3. The van der Waals surface area contributed by atoms with Crippen molar-refractivity contribution >= 4 is 17.1 Å². The van der Waals surface area contributed by atoms with Gasteiger partial charge >= 0.3 is 5.69 Å². The first-order valence-corrected chi connectivity index (χ1v) is 9.60. The number of hydrogen-bond donors (Lipinski definition) is 2. The first-order chi connectivity index (χ1) is 15.0. The summed E-state index contributed by atoms with van der Waals surface area (Å²) in [7, 11) is 3.09. The monoisotopic (exact) mass is 419 g/mol. The molecule has 2 heterocycles. The van der Waals surface area contributed by atoms with Gasteiger partial charge in [-0.1, -0.05) is 42.5 Å². The normalized spacial score (nSPS) is 11.9. The van der Waals surface area contributed by atoms with E-state index in [1.54, 1.807) is 7.11 Å². The third kappa shape index (κ3) is 3.97. The van der Waals surface area contributed by atoms with Crippen molar-refractivity contribution in [3.63, 3.8) is 0 Å². The van der Waals surface area contributed by atoms with Crippen LogP contribution in [0.1, 0.15) is 17.2 Å². The summed E-state index contributed by atoms with van der Waals surface area (Å²) in [5.74, 6) is 0.366. The van der Waals surface area contributed by atoms with Crippen LogP contribution < -0.4 is 21.3 Å². The zero-order valence-corrected chi connectivity index (χ0v) is 17.0. The lowest BCUT2D eigenvalue weighted by atomic mass is 9.98. The van der Waals surface area contributed by atoms with Crippen molar-refractivity contribution < 1.29 is 9.53 Å². The van der Waals surface area contributed by atoms with E-state index >= 15 is 0 Å². The maximum Gasteiger partial charge on any atom is 0.329 e. The molecule has 1 unspecified atom stereocenters. The van der Waals surface area contributed by atoms with E-state index in [0.29, 0.717) is 5.75 Å². The molecule has 9 heteroatoms. The van der Waals surface area contributed by atoms with Crippen molar-refractivity contribution in [2.45, 2.75) is 12.6 Å². The summed E-state index contributed by atoms with van der Waals surface area (Å²) in [5.41, 5.74) is 0.989. The Morgan fingerprint density at radius 3 is 2.61 bits per heavy atom. The predicted molar refractivity (Wildman–Crippen MR) is 115 cm³/mol. The van der Waals surface area contributed by atoms with Gasteiger partial charge in [0.1, 0.15) is 12.3 Å². The van der Waals surface area contributed by atoms with Gasteiger partial charge < -0.3 is 14.6 Å². The predicted octanol–water partition coefficient (Wildman–Crippen LogP) is 1.34. The molecule has 0 aliphatic rings. The zero-order chi connectivity index (χ0) is 22.0. The Bertz CT molecular complexity index is 1350. The Morgan fingerprint density at radius 1 is 1.13 bits per heavy atom. The molecule has 1 amide bonds. The molecule has 1 atom stereocenters. The molecule has 0 aliphatic carbocycles. The Labute approximate surface area is 176 Å². The van der Waals surface area contributed by atoms with Gasteiger partial charge in [-0.2, -0.15) is 0 Å². The van der Waals surface area contributed by atoms with Crippen LogP contribution in [0.15, 0.2) is 70.5 Å². The number of rotatable bonds is 6. The van der Waals surface area contributed by atoms with Crippen LogP contribution in [0, 0.1) is 0 Å². The summed E-state index contributed by atoms with van der Waals surface area (Å²) >= 11 is 0. The van der Waals surface area contributed by atoms with Gasteiger partial charge in [0.25, 0.3) is 5.56 Å². The third-order valence-corrected chi connectivity index (χ3v) is 5.06. The molecule has 0 radical (unpaired) electrons. The number of nitrogens with one attached hydrogen (secondary N) is 2. The van der Waals surface area contributed by atoms with Crippen LogP contribution >= 0.6 is 0 Å². The fourth-order valence-corrected chi connectivity index (χ4v) is 3.49. The molecule has 9 nitrogen and oxygen atoms in total. The van der Waals surface area contributed by atoms with Crippen LogP contribution in [0.5, 0.6) is 5.75 Å². The zero-order valence-electron chi connectivity index (χ0n) is 17.0. The van der Waals surface area contributed by atoms with Crippen molar-refractivity contribution in [1.82, 2.24) is 24.4 Å². The largest absolute Gasteiger partial charge is 0.497 e. The third-order valence-electron chi connectivity index (χ3n) is 5.06. The van der Waals surface area contributed by atoms with E-state index in [4.69, 9.17) is 4.74 Å². The molecule has 31 heavy (non-hydrogen) atoms. The minimum absolute atomic E-state index is 0.134. The SMILES string of the molecule is COc1cccc(C(NC(=O)Cn2cnc3c2c(=O)[nH]c(=O)n3C)c2ccccc2)c1. The number of H-pyrrole nitrogens is 1. The van der Waals surface area contributed by atoms with E-state index in [1.807, 2.05) is 54.6 Å². The second kappa shape index (κ2) is 8.31. The van der Waals surface area contributed by atoms with Crippen LogP contribution in [-0.2, 0) is 18.4 Å². The molecule has 0 bridgehead atoms. The molecule has 0 spiro atoms. The summed E-state index contributed by atoms with van der Waals surface area (Å²) in [6, 6.07) is 16.6. The van der Waals surface area contributed by atoms with E-state index in [-0.39, 0.29) is 23.6 Å². The number of carbonyl (C=O) groups excluding carboxylic acids is 1. The topological polar surface area (TPSA) is 111 Å². The van der Waals surface area contributed by atoms with Gasteiger partial charge in [-0.25, -0.2) is 9.78 Å². The summed E-state index contributed by atoms with van der Waals surface area (Å²) in [6.07, 6.45) is 1.38. The number of methoxy groups -OCH3 is 1. The Hall–Kier alpha value is -4.14. The van der Waals surface area contributed by atoms with Crippen LogP contribution in [0.3, 0.4) is 0 Å². The smallest absolute Gasteiger partial charge is 0.329 e. The number of imidazole rings is 1. The van der Waals surface area contributed by atoms with Crippen LogP contribution in [0.4, 0.5) is 0 Å². The fraction of sp³-hybridized carbons (Fsp3) is 0.182. The van der Waals surface area contributed by atoms with Crippen molar-refractivity contribution in [2.75, 3.05) is 7.11 Å². The van der Waals surface area contributed by atoms with Gasteiger partial charge in [-0.15, -0.1) is 0 Å². The molecule has 0 fully saturated rings. The second-order valence-corrected chi connectivity index (χ2v) is 7.05. The molecular formula is C22H21N5O4. The summed E-state index contributed by atoms with van der Waals surface area (Å²) in [4.78, 5) is 43.4. The first-order valence-electron chi connectivity index (χ1n) is 9.60. The van der Waals surface area contributed by atoms with E-state index in [2.05, 4.69) is 15.3 Å². The maximum atomic E-state index is 13.0. The van der Waals surface area contributed by atoms with Crippen molar-refractivity contribution in [1.29, 1.82) is 0 Å². The van der Waals surface area contributed by atoms with Gasteiger partial charge in [0, 0.05) is 7.05 Å². The van der Waals surface area contributed by atoms with E-state index < -0.39 is 17.3 Å². The molecule has 2 aromatic carbocycles. The number of fused-ring (bicyclic) bond motifs is 1. The number of carbonyl (C=O) groups is 1. The molecular weight excluding hydrogens is 398 g/mol. The fourth-order valence-electron chi connectivity index (χ4n) is 3.49. The molecule has 4 rings (SSSR count). The van der Waals surface area contributed by atoms with Crippen molar-refractivity contribution in [2.24, 2.45) is 7.05 Å². The van der Waals surface area contributed by atoms with E-state index in [1.165, 1.54) is 22.5 Å². The number of ether oxygens (including phenoxy) is 1. The highest BCUT2D eigenvalue weighted by Gasteiger charge is 2.19. The quantitative estimate of drug-likeness (QED) is 0.490. The number of aromatic nitrogens is 4. The average molecular weight is 419 g/mol. The van der Waals surface area contributed by atoms with Gasteiger partial charge in [0.05, 0.1) is 19.5 Å². The second-order valence-electron chi connectivity index (χ2n) is 7.05. The molecule has 0 saturated heterocycles. The number of hydrogen-bond acceptors (Lipinski definition) is 5. The summed E-state index contributed by atoms with van der Waals surface area (Å²) in [5, 5.41) is 3.03. The number of amides is 1. The number of aryl methyl sites for hydroxylation is 1. The summed E-state index contributed by atoms with van der Waals surface area (Å²) < 4.78 is 7.98. The average Bonchev–Trinajstić information content (AvgIpc) is 3.20. The highest BCUT2D eigenvalue weighted by Crippen LogP contribution is 2.25. The molecule has 2 N–H and O–H groups in total. The molecule has 0 aliphatic heterocycles. The lowest BCUT2D eigenvalue weighted by molar-refractivity contribution is -0.122. The van der Waals surface area contributed by atoms with Crippen LogP contribution in [0.25, 0.3) is 11.2 Å². The Morgan fingerprint density at radius 2 is 1.87 bits per heavy atom. The van der Waals surface area contributed by atoms with Gasteiger partial charge in [-0.3, -0.25) is 19.1 Å². The van der Waals surface area contributed by atoms with Gasteiger partial charge in [0.2, 0.25) is 5.91 Å².